The van der Waals surface area contributed by atoms with Crippen molar-refractivity contribution in [2.24, 2.45) is 0 Å². The number of aryl methyl sites for hydroxylation is 2. The molecule has 0 aliphatic heterocycles. The molecule has 23 heavy (non-hydrogen) atoms. The van der Waals surface area contributed by atoms with Crippen molar-refractivity contribution in [3.63, 3.8) is 0 Å². The molecule has 2 rings (SSSR count). The van der Waals surface area contributed by atoms with Gasteiger partial charge in [0.2, 0.25) is 10.0 Å². The monoisotopic (exact) mass is 357 g/mol. The summed E-state index contributed by atoms with van der Waals surface area (Å²) in [5.74, 6) is 0.272. The van der Waals surface area contributed by atoms with Crippen LogP contribution >= 0.6 is 11.6 Å². The van der Waals surface area contributed by atoms with Gasteiger partial charge in [-0.05, 0) is 39.6 Å². The van der Waals surface area contributed by atoms with E-state index in [2.05, 4.69) is 9.88 Å². The van der Waals surface area contributed by atoms with Gasteiger partial charge in [-0.25, -0.2) is 13.1 Å². The SMILES string of the molecule is Cc1noc(C)c1S(=O)(=O)NCC(c1ccccc1Cl)N(C)C. The van der Waals surface area contributed by atoms with Crippen LogP contribution in [0, 0.1) is 13.8 Å². The minimum Gasteiger partial charge on any atom is -0.360 e. The molecule has 1 aromatic carbocycles. The van der Waals surface area contributed by atoms with Crippen LogP contribution in [0.1, 0.15) is 23.1 Å². The highest BCUT2D eigenvalue weighted by Gasteiger charge is 2.26. The van der Waals surface area contributed by atoms with Crippen molar-refractivity contribution < 1.29 is 12.9 Å². The van der Waals surface area contributed by atoms with Crippen molar-refractivity contribution in [2.75, 3.05) is 20.6 Å². The van der Waals surface area contributed by atoms with Gasteiger partial charge < -0.3 is 9.42 Å². The molecule has 8 heteroatoms. The van der Waals surface area contributed by atoms with Gasteiger partial charge in [0, 0.05) is 17.6 Å². The summed E-state index contributed by atoms with van der Waals surface area (Å²) in [6, 6.07) is 7.19. The molecule has 1 unspecified atom stereocenters. The van der Waals surface area contributed by atoms with Gasteiger partial charge in [-0.3, -0.25) is 0 Å². The maximum absolute atomic E-state index is 12.5. The predicted molar refractivity (Wildman–Crippen MR) is 89.0 cm³/mol. The van der Waals surface area contributed by atoms with Crippen molar-refractivity contribution in [1.29, 1.82) is 0 Å². The van der Waals surface area contributed by atoms with E-state index in [1.807, 2.05) is 37.2 Å². The summed E-state index contributed by atoms with van der Waals surface area (Å²) < 4.78 is 32.6. The third-order valence-electron chi connectivity index (χ3n) is 3.59. The number of hydrogen-bond donors (Lipinski definition) is 1. The smallest absolute Gasteiger partial charge is 0.246 e. The van der Waals surface area contributed by atoms with Gasteiger partial charge in [0.1, 0.15) is 10.6 Å². The first-order chi connectivity index (χ1) is 10.7. The lowest BCUT2D eigenvalue weighted by atomic mass is 10.1. The number of halogens is 1. The number of aromatic nitrogens is 1. The third-order valence-corrected chi connectivity index (χ3v) is 5.60. The van der Waals surface area contributed by atoms with Gasteiger partial charge in [0.15, 0.2) is 5.76 Å². The normalized spacial score (nSPS) is 13.5. The number of likely N-dealkylation sites (N-methyl/N-ethyl adjacent to an activating group) is 1. The molecule has 0 spiro atoms. The van der Waals surface area contributed by atoms with E-state index in [1.165, 1.54) is 0 Å². The molecule has 1 atom stereocenters. The number of benzene rings is 1. The molecular weight excluding hydrogens is 338 g/mol. The maximum atomic E-state index is 12.5. The number of rotatable bonds is 6. The Morgan fingerprint density at radius 2 is 1.96 bits per heavy atom. The van der Waals surface area contributed by atoms with Crippen LogP contribution in [0.15, 0.2) is 33.7 Å². The summed E-state index contributed by atoms with van der Waals surface area (Å²) in [6.45, 7) is 3.36. The van der Waals surface area contributed by atoms with Crippen LogP contribution in [0.4, 0.5) is 0 Å². The van der Waals surface area contributed by atoms with E-state index in [0.717, 1.165) is 5.56 Å². The zero-order chi connectivity index (χ0) is 17.2. The van der Waals surface area contributed by atoms with Gasteiger partial charge in [-0.2, -0.15) is 0 Å². The second kappa shape index (κ2) is 7.00. The van der Waals surface area contributed by atoms with E-state index in [1.54, 1.807) is 19.9 Å². The summed E-state index contributed by atoms with van der Waals surface area (Å²) in [5.41, 5.74) is 1.20. The van der Waals surface area contributed by atoms with Crippen LogP contribution in [0.2, 0.25) is 5.02 Å². The minimum atomic E-state index is -3.70. The molecule has 1 aromatic heterocycles. The molecule has 1 N–H and O–H groups in total. The van der Waals surface area contributed by atoms with Gasteiger partial charge in [-0.1, -0.05) is 35.0 Å². The first-order valence-corrected chi connectivity index (χ1v) is 8.93. The summed E-state index contributed by atoms with van der Waals surface area (Å²) in [6.07, 6.45) is 0. The summed E-state index contributed by atoms with van der Waals surface area (Å²) in [5, 5.41) is 4.29. The Hall–Kier alpha value is -1.41. The van der Waals surface area contributed by atoms with E-state index in [0.29, 0.717) is 10.7 Å². The lowest BCUT2D eigenvalue weighted by Crippen LogP contribution is -2.35. The zero-order valence-corrected chi connectivity index (χ0v) is 15.1. The Morgan fingerprint density at radius 3 is 2.48 bits per heavy atom. The standard InChI is InChI=1S/C15H20ClN3O3S/c1-10-15(11(2)22-18-10)23(20,21)17-9-14(19(3)4)12-7-5-6-8-13(12)16/h5-8,14,17H,9H2,1-4H3. The van der Waals surface area contributed by atoms with E-state index in [4.69, 9.17) is 16.1 Å². The molecule has 126 valence electrons. The lowest BCUT2D eigenvalue weighted by molar-refractivity contribution is 0.299. The number of nitrogens with one attached hydrogen (secondary N) is 1. The molecule has 2 aromatic rings. The van der Waals surface area contributed by atoms with Crippen LogP contribution in [0.5, 0.6) is 0 Å². The van der Waals surface area contributed by atoms with Gasteiger partial charge >= 0.3 is 0 Å². The predicted octanol–water partition coefficient (Wildman–Crippen LogP) is 2.53. The summed E-state index contributed by atoms with van der Waals surface area (Å²) in [4.78, 5) is 2.01. The van der Waals surface area contributed by atoms with Gasteiger partial charge in [-0.15, -0.1) is 0 Å². The Labute approximate surface area is 141 Å². The van der Waals surface area contributed by atoms with Crippen molar-refractivity contribution >= 4 is 21.6 Å². The van der Waals surface area contributed by atoms with Crippen LogP contribution in [-0.2, 0) is 10.0 Å². The highest BCUT2D eigenvalue weighted by atomic mass is 35.5. The molecule has 0 aliphatic carbocycles. The molecule has 0 aliphatic rings. The van der Waals surface area contributed by atoms with Crippen LogP contribution in [0.25, 0.3) is 0 Å². The minimum absolute atomic E-state index is 0.0918. The molecule has 0 amide bonds. The van der Waals surface area contributed by atoms with Crippen LogP contribution in [0.3, 0.4) is 0 Å². The molecule has 0 bridgehead atoms. The molecule has 0 saturated carbocycles. The first-order valence-electron chi connectivity index (χ1n) is 7.07. The topological polar surface area (TPSA) is 75.4 Å². The largest absolute Gasteiger partial charge is 0.360 e. The van der Waals surface area contributed by atoms with Crippen molar-refractivity contribution in [3.8, 4) is 0 Å². The first kappa shape index (κ1) is 17.9. The third kappa shape index (κ3) is 3.92. The Morgan fingerprint density at radius 1 is 1.30 bits per heavy atom. The van der Waals surface area contributed by atoms with Gasteiger partial charge in [0.05, 0.1) is 0 Å². The Balaban J connectivity index is 2.25. The second-order valence-corrected chi connectivity index (χ2v) is 7.62. The van der Waals surface area contributed by atoms with Crippen molar-refractivity contribution in [1.82, 2.24) is 14.8 Å². The fourth-order valence-electron chi connectivity index (χ4n) is 2.44. The average molecular weight is 358 g/mol. The second-order valence-electron chi connectivity index (χ2n) is 5.51. The molecular formula is C15H20ClN3O3S. The number of hydrogen-bond acceptors (Lipinski definition) is 5. The van der Waals surface area contributed by atoms with E-state index in [9.17, 15) is 8.42 Å². The molecule has 0 radical (unpaired) electrons. The molecule has 0 fully saturated rings. The van der Waals surface area contributed by atoms with Gasteiger partial charge in [0.25, 0.3) is 0 Å². The molecule has 0 saturated heterocycles. The molecule has 6 nitrogen and oxygen atoms in total. The van der Waals surface area contributed by atoms with Crippen LogP contribution in [-0.4, -0.2) is 39.1 Å². The highest BCUT2D eigenvalue weighted by molar-refractivity contribution is 7.89. The fourth-order valence-corrected chi connectivity index (χ4v) is 4.06. The lowest BCUT2D eigenvalue weighted by Gasteiger charge is -2.25. The Kier molecular flexibility index (Phi) is 5.46. The molecule has 1 heterocycles. The summed E-state index contributed by atoms with van der Waals surface area (Å²) >= 11 is 6.23. The van der Waals surface area contributed by atoms with E-state index < -0.39 is 10.0 Å². The maximum Gasteiger partial charge on any atom is 0.246 e. The van der Waals surface area contributed by atoms with Crippen LogP contribution < -0.4 is 4.72 Å². The van der Waals surface area contributed by atoms with Crippen molar-refractivity contribution in [3.05, 3.63) is 46.3 Å². The summed E-state index contributed by atoms with van der Waals surface area (Å²) in [7, 11) is 0.0427. The highest BCUT2D eigenvalue weighted by Crippen LogP contribution is 2.26. The number of nitrogens with zero attached hydrogens (tertiary/aromatic N) is 2. The van der Waals surface area contributed by atoms with Crippen molar-refractivity contribution in [2.45, 2.75) is 24.8 Å². The number of sulfonamides is 1. The zero-order valence-electron chi connectivity index (χ0n) is 13.5. The Bertz CT molecular complexity index is 768. The van der Waals surface area contributed by atoms with E-state index in [-0.39, 0.29) is 23.2 Å². The quantitative estimate of drug-likeness (QED) is 0.859. The average Bonchev–Trinajstić information content (AvgIpc) is 2.80. The fraction of sp³-hybridized carbons (Fsp3) is 0.400. The van der Waals surface area contributed by atoms with E-state index >= 15 is 0 Å².